The number of ketones is 1. The van der Waals surface area contributed by atoms with Crippen LogP contribution < -0.4 is 9.47 Å². The summed E-state index contributed by atoms with van der Waals surface area (Å²) >= 11 is 12.3. The Bertz CT molecular complexity index is 900. The van der Waals surface area contributed by atoms with Crippen LogP contribution in [0.4, 0.5) is 0 Å². The molecule has 0 amide bonds. The predicted molar refractivity (Wildman–Crippen MR) is 97.9 cm³/mol. The first-order valence-corrected chi connectivity index (χ1v) is 8.43. The van der Waals surface area contributed by atoms with Crippen molar-refractivity contribution in [3.63, 3.8) is 0 Å². The number of allylic oxidation sites excluding steroid dienone is 1. The number of fused-ring (bicyclic) bond motifs is 1. The fraction of sp³-hybridized carbons (Fsp3) is 0.158. The van der Waals surface area contributed by atoms with Gasteiger partial charge in [0.2, 0.25) is 5.78 Å². The van der Waals surface area contributed by atoms with Crippen LogP contribution in [0.3, 0.4) is 0 Å². The highest BCUT2D eigenvalue weighted by atomic mass is 35.5. The number of esters is 1. The van der Waals surface area contributed by atoms with Crippen molar-refractivity contribution in [1.29, 1.82) is 0 Å². The van der Waals surface area contributed by atoms with E-state index in [0.717, 1.165) is 0 Å². The van der Waals surface area contributed by atoms with Crippen molar-refractivity contribution in [2.45, 2.75) is 13.0 Å². The maximum atomic E-state index is 12.5. The third-order valence-electron chi connectivity index (χ3n) is 3.76. The molecular weight excluding hydrogens is 379 g/mol. The average molecular weight is 393 g/mol. The average Bonchev–Trinajstić information content (AvgIpc) is 2.92. The lowest BCUT2D eigenvalue weighted by Crippen LogP contribution is -2.24. The van der Waals surface area contributed by atoms with Crippen LogP contribution in [0.15, 0.2) is 42.2 Å². The highest BCUT2D eigenvalue weighted by Crippen LogP contribution is 2.36. The lowest BCUT2D eigenvalue weighted by Gasteiger charge is -2.12. The summed E-state index contributed by atoms with van der Waals surface area (Å²) in [5, 5.41) is 0.821. The second-order valence-corrected chi connectivity index (χ2v) is 6.33. The summed E-state index contributed by atoms with van der Waals surface area (Å²) in [7, 11) is 1.28. The molecule has 0 saturated heterocycles. The second-order valence-electron chi connectivity index (χ2n) is 5.52. The van der Waals surface area contributed by atoms with Crippen LogP contribution in [0.5, 0.6) is 11.5 Å². The molecule has 2 aromatic carbocycles. The topological polar surface area (TPSA) is 61.8 Å². The number of rotatable bonds is 4. The van der Waals surface area contributed by atoms with Crippen LogP contribution in [-0.4, -0.2) is 25.0 Å². The normalized spacial score (nSPS) is 15.4. The minimum atomic E-state index is -0.785. The van der Waals surface area contributed by atoms with Crippen molar-refractivity contribution in [2.75, 3.05) is 7.11 Å². The Morgan fingerprint density at radius 2 is 1.88 bits per heavy atom. The summed E-state index contributed by atoms with van der Waals surface area (Å²) in [6, 6.07) is 9.77. The molecule has 0 unspecified atom stereocenters. The maximum Gasteiger partial charge on any atom is 0.346 e. The molecule has 0 N–H and O–H groups in total. The van der Waals surface area contributed by atoms with E-state index in [-0.39, 0.29) is 11.5 Å². The van der Waals surface area contributed by atoms with Crippen molar-refractivity contribution in [3.05, 3.63) is 63.3 Å². The number of methoxy groups -OCH3 is 1. The molecule has 0 aliphatic carbocycles. The molecule has 1 heterocycles. The smallest absolute Gasteiger partial charge is 0.346 e. The number of carbonyl (C=O) groups is 2. The maximum absolute atomic E-state index is 12.5. The van der Waals surface area contributed by atoms with Crippen LogP contribution in [0, 0.1) is 0 Å². The van der Waals surface area contributed by atoms with Crippen molar-refractivity contribution >= 4 is 41.0 Å². The van der Waals surface area contributed by atoms with Crippen molar-refractivity contribution in [2.24, 2.45) is 0 Å². The van der Waals surface area contributed by atoms with Gasteiger partial charge < -0.3 is 14.2 Å². The Balaban J connectivity index is 1.87. The molecular formula is C19H14Cl2O5. The standard InChI is InChI=1S/C19H14Cl2O5/c1-10(19(23)24-2)25-11-6-7-12-16(8-11)26-17(18(12)22)9-13-14(20)4-3-5-15(13)21/h3-10H,1-2H3/b17-9+/t10-/m1/s1. The first-order chi connectivity index (χ1) is 12.4. The van der Waals surface area contributed by atoms with E-state index < -0.39 is 12.1 Å². The molecule has 5 nitrogen and oxygen atoms in total. The molecule has 0 bridgehead atoms. The van der Waals surface area contributed by atoms with Gasteiger partial charge in [0.05, 0.1) is 12.7 Å². The van der Waals surface area contributed by atoms with E-state index in [1.54, 1.807) is 43.3 Å². The van der Waals surface area contributed by atoms with Gasteiger partial charge in [0, 0.05) is 21.7 Å². The highest BCUT2D eigenvalue weighted by molar-refractivity contribution is 6.37. The molecule has 0 saturated carbocycles. The Kier molecular flexibility index (Phi) is 5.20. The second kappa shape index (κ2) is 7.40. The molecule has 1 aliphatic rings. The van der Waals surface area contributed by atoms with Crippen molar-refractivity contribution in [1.82, 2.24) is 0 Å². The van der Waals surface area contributed by atoms with Crippen LogP contribution in [0.1, 0.15) is 22.8 Å². The largest absolute Gasteiger partial charge is 0.479 e. The quantitative estimate of drug-likeness (QED) is 0.564. The monoisotopic (exact) mass is 392 g/mol. The first-order valence-electron chi connectivity index (χ1n) is 7.67. The van der Waals surface area contributed by atoms with Gasteiger partial charge >= 0.3 is 5.97 Å². The van der Waals surface area contributed by atoms with Crippen LogP contribution in [-0.2, 0) is 9.53 Å². The number of ether oxygens (including phenoxy) is 3. The van der Waals surface area contributed by atoms with Crippen LogP contribution in [0.2, 0.25) is 10.0 Å². The molecule has 0 aromatic heterocycles. The Labute approximate surface area is 160 Å². The number of carbonyl (C=O) groups excluding carboxylic acids is 2. The van der Waals surface area contributed by atoms with Gasteiger partial charge in [-0.25, -0.2) is 4.79 Å². The third-order valence-corrected chi connectivity index (χ3v) is 4.42. The van der Waals surface area contributed by atoms with E-state index in [0.29, 0.717) is 32.7 Å². The van der Waals surface area contributed by atoms with E-state index in [4.69, 9.17) is 32.7 Å². The van der Waals surface area contributed by atoms with Gasteiger partial charge in [-0.1, -0.05) is 29.3 Å². The number of hydrogen-bond acceptors (Lipinski definition) is 5. The van der Waals surface area contributed by atoms with Gasteiger partial charge in [-0.2, -0.15) is 0 Å². The summed E-state index contributed by atoms with van der Waals surface area (Å²) in [4.78, 5) is 24.0. The molecule has 134 valence electrons. The van der Waals surface area contributed by atoms with E-state index >= 15 is 0 Å². The van der Waals surface area contributed by atoms with Crippen LogP contribution >= 0.6 is 23.2 Å². The lowest BCUT2D eigenvalue weighted by molar-refractivity contribution is -0.147. The van der Waals surface area contributed by atoms with Crippen LogP contribution in [0.25, 0.3) is 6.08 Å². The Hall–Kier alpha value is -2.50. The highest BCUT2D eigenvalue weighted by Gasteiger charge is 2.28. The zero-order chi connectivity index (χ0) is 18.8. The Morgan fingerprint density at radius 1 is 1.19 bits per heavy atom. The molecule has 0 fully saturated rings. The van der Waals surface area contributed by atoms with Crippen molar-refractivity contribution < 1.29 is 23.8 Å². The number of benzene rings is 2. The lowest BCUT2D eigenvalue weighted by atomic mass is 10.1. The molecule has 0 spiro atoms. The molecule has 3 rings (SSSR count). The van der Waals surface area contributed by atoms with Gasteiger partial charge in [0.25, 0.3) is 0 Å². The molecule has 7 heteroatoms. The van der Waals surface area contributed by atoms with Gasteiger partial charge in [-0.3, -0.25) is 4.79 Å². The number of Topliss-reactive ketones (excluding diaryl/α,β-unsaturated/α-hetero) is 1. The summed E-state index contributed by atoms with van der Waals surface area (Å²) in [6.45, 7) is 1.57. The van der Waals surface area contributed by atoms with E-state index in [9.17, 15) is 9.59 Å². The molecule has 2 aromatic rings. The first kappa shape index (κ1) is 18.3. The summed E-state index contributed by atoms with van der Waals surface area (Å²) < 4.78 is 15.7. The SMILES string of the molecule is COC(=O)[C@@H](C)Oc1ccc2c(c1)O/C(=C/c1c(Cl)cccc1Cl)C2=O. The molecule has 0 radical (unpaired) electrons. The van der Waals surface area contributed by atoms with Gasteiger partial charge in [0.1, 0.15) is 11.5 Å². The predicted octanol–water partition coefficient (Wildman–Crippen LogP) is 4.55. The number of halogens is 2. The van der Waals surface area contributed by atoms with Gasteiger partial charge in [-0.15, -0.1) is 0 Å². The zero-order valence-corrected chi connectivity index (χ0v) is 15.4. The summed E-state index contributed by atoms with van der Waals surface area (Å²) in [5.41, 5.74) is 0.889. The fourth-order valence-electron chi connectivity index (χ4n) is 2.44. The van der Waals surface area contributed by atoms with E-state index in [1.807, 2.05) is 0 Å². The van der Waals surface area contributed by atoms with Gasteiger partial charge in [-0.05, 0) is 37.3 Å². The third kappa shape index (κ3) is 3.54. The van der Waals surface area contributed by atoms with Crippen molar-refractivity contribution in [3.8, 4) is 11.5 Å². The minimum Gasteiger partial charge on any atom is -0.479 e. The summed E-state index contributed by atoms with van der Waals surface area (Å²) in [5.74, 6) is 0.0265. The fourth-order valence-corrected chi connectivity index (χ4v) is 2.94. The number of hydrogen-bond donors (Lipinski definition) is 0. The zero-order valence-electron chi connectivity index (χ0n) is 13.9. The molecule has 1 atom stereocenters. The molecule has 1 aliphatic heterocycles. The minimum absolute atomic E-state index is 0.105. The molecule has 26 heavy (non-hydrogen) atoms. The van der Waals surface area contributed by atoms with E-state index in [1.165, 1.54) is 13.2 Å². The van der Waals surface area contributed by atoms with Gasteiger partial charge in [0.15, 0.2) is 11.9 Å². The Morgan fingerprint density at radius 3 is 2.54 bits per heavy atom. The summed E-state index contributed by atoms with van der Waals surface area (Å²) in [6.07, 6.45) is 0.719. The van der Waals surface area contributed by atoms with E-state index in [2.05, 4.69) is 4.74 Å².